The van der Waals surface area contributed by atoms with Gasteiger partial charge in [0, 0.05) is 69.8 Å². The molecular formula is C26H41NO8. The van der Waals surface area contributed by atoms with Gasteiger partial charge in [-0.3, -0.25) is 9.69 Å². The van der Waals surface area contributed by atoms with Gasteiger partial charge >= 0.3 is 5.97 Å². The van der Waals surface area contributed by atoms with Gasteiger partial charge in [-0.25, -0.2) is 0 Å². The molecule has 0 radical (unpaired) electrons. The molecule has 6 aliphatic rings. The van der Waals surface area contributed by atoms with Crippen molar-refractivity contribution in [2.24, 2.45) is 34.5 Å². The fourth-order valence-electron chi connectivity index (χ4n) is 11.0. The van der Waals surface area contributed by atoms with Crippen LogP contribution in [0, 0.1) is 34.5 Å². The summed E-state index contributed by atoms with van der Waals surface area (Å²) in [6.07, 6.45) is 0.714. The Bertz CT molecular complexity index is 903. The molecule has 3 N–H and O–H groups in total. The van der Waals surface area contributed by atoms with Gasteiger partial charge in [0.15, 0.2) is 0 Å². The van der Waals surface area contributed by atoms with Gasteiger partial charge in [0.1, 0.15) is 17.3 Å². The van der Waals surface area contributed by atoms with Gasteiger partial charge in [-0.1, -0.05) is 6.92 Å². The van der Waals surface area contributed by atoms with E-state index in [2.05, 4.69) is 11.8 Å². The first-order chi connectivity index (χ1) is 16.7. The zero-order valence-corrected chi connectivity index (χ0v) is 21.5. The number of rotatable bonds is 6. The number of nitrogens with zero attached hydrogens (tertiary/aromatic N) is 1. The SMILES string of the molecule is CCN1C[C@]2(CO)CC[C@H](OC)[C@]34C1[C@](O)([C@@H](OC)[C@H]23)[C@@]1(O)C[C@H](OC)[C@H]2C[C@@H]4[C@@H]1[C@H]2OC(C)=O. The average molecular weight is 496 g/mol. The molecule has 5 aliphatic carbocycles. The minimum Gasteiger partial charge on any atom is -0.462 e. The number of fused-ring (bicyclic) bond motifs is 2. The number of methoxy groups -OCH3 is 3. The lowest BCUT2D eigenvalue weighted by Crippen LogP contribution is -2.82. The van der Waals surface area contributed by atoms with Crippen molar-refractivity contribution in [1.29, 1.82) is 0 Å². The molecule has 6 fully saturated rings. The summed E-state index contributed by atoms with van der Waals surface area (Å²) in [5.74, 6) is -1.20. The van der Waals surface area contributed by atoms with E-state index in [1.807, 2.05) is 0 Å². The summed E-state index contributed by atoms with van der Waals surface area (Å²) in [4.78, 5) is 14.5. The Morgan fingerprint density at radius 3 is 2.46 bits per heavy atom. The summed E-state index contributed by atoms with van der Waals surface area (Å²) >= 11 is 0. The third-order valence-corrected chi connectivity index (χ3v) is 11.6. The second-order valence-electron chi connectivity index (χ2n) is 12.2. The maximum absolute atomic E-state index is 13.0. The lowest BCUT2D eigenvalue weighted by atomic mass is 9.42. The monoisotopic (exact) mass is 495 g/mol. The van der Waals surface area contributed by atoms with Crippen LogP contribution in [-0.2, 0) is 23.7 Å². The maximum Gasteiger partial charge on any atom is 0.302 e. The molecule has 5 saturated carbocycles. The molecule has 7 bridgehead atoms. The molecule has 9 heteroatoms. The third-order valence-electron chi connectivity index (χ3n) is 11.6. The van der Waals surface area contributed by atoms with E-state index in [4.69, 9.17) is 18.9 Å². The van der Waals surface area contributed by atoms with Gasteiger partial charge in [0.25, 0.3) is 0 Å². The van der Waals surface area contributed by atoms with Crippen molar-refractivity contribution in [2.45, 2.75) is 81.2 Å². The lowest BCUT2D eigenvalue weighted by molar-refractivity contribution is -0.319. The summed E-state index contributed by atoms with van der Waals surface area (Å²) in [6, 6.07) is -0.404. The Hall–Kier alpha value is -0.810. The van der Waals surface area contributed by atoms with E-state index in [9.17, 15) is 20.1 Å². The highest BCUT2D eigenvalue weighted by atomic mass is 16.6. The Kier molecular flexibility index (Phi) is 5.34. The highest BCUT2D eigenvalue weighted by Gasteiger charge is 2.91. The molecule has 1 aliphatic heterocycles. The van der Waals surface area contributed by atoms with Crippen molar-refractivity contribution in [3.63, 3.8) is 0 Å². The molecule has 13 atom stereocenters. The minimum absolute atomic E-state index is 0.0116. The number of aliphatic hydroxyl groups excluding tert-OH is 1. The van der Waals surface area contributed by atoms with Crippen LogP contribution in [0.25, 0.3) is 0 Å². The molecular weight excluding hydrogens is 454 g/mol. The van der Waals surface area contributed by atoms with Crippen LogP contribution in [0.2, 0.25) is 0 Å². The number of esters is 1. The van der Waals surface area contributed by atoms with Crippen LogP contribution < -0.4 is 0 Å². The summed E-state index contributed by atoms with van der Waals surface area (Å²) in [7, 11) is 4.97. The van der Waals surface area contributed by atoms with Crippen molar-refractivity contribution in [2.75, 3.05) is 41.0 Å². The highest BCUT2D eigenvalue weighted by Crippen LogP contribution is 2.80. The molecule has 1 spiro atoms. The van der Waals surface area contributed by atoms with Crippen LogP contribution in [0.3, 0.4) is 0 Å². The second kappa shape index (κ2) is 7.62. The molecule has 0 aromatic rings. The van der Waals surface area contributed by atoms with Crippen LogP contribution in [0.4, 0.5) is 0 Å². The third kappa shape index (κ3) is 2.43. The Morgan fingerprint density at radius 2 is 1.89 bits per heavy atom. The molecule has 1 saturated heterocycles. The van der Waals surface area contributed by atoms with Crippen LogP contribution in [0.15, 0.2) is 0 Å². The zero-order chi connectivity index (χ0) is 25.1. The Balaban J connectivity index is 1.67. The van der Waals surface area contributed by atoms with Gasteiger partial charge < -0.3 is 34.3 Å². The summed E-state index contributed by atoms with van der Waals surface area (Å²) in [6.45, 7) is 4.79. The van der Waals surface area contributed by atoms with Crippen molar-refractivity contribution in [1.82, 2.24) is 4.90 Å². The van der Waals surface area contributed by atoms with E-state index in [-0.39, 0.29) is 43.0 Å². The molecule has 35 heavy (non-hydrogen) atoms. The largest absolute Gasteiger partial charge is 0.462 e. The van der Waals surface area contributed by atoms with Crippen molar-refractivity contribution in [3.05, 3.63) is 0 Å². The second-order valence-corrected chi connectivity index (χ2v) is 12.2. The van der Waals surface area contributed by atoms with Gasteiger partial charge in [-0.15, -0.1) is 0 Å². The van der Waals surface area contributed by atoms with E-state index >= 15 is 0 Å². The molecule has 0 aromatic heterocycles. The summed E-state index contributed by atoms with van der Waals surface area (Å²) in [5.41, 5.74) is -4.27. The highest BCUT2D eigenvalue weighted by molar-refractivity contribution is 5.66. The first-order valence-corrected chi connectivity index (χ1v) is 13.2. The fourth-order valence-corrected chi connectivity index (χ4v) is 11.0. The molecule has 1 unspecified atom stereocenters. The van der Waals surface area contributed by atoms with Crippen molar-refractivity contribution < 1.29 is 39.1 Å². The number of likely N-dealkylation sites (N-methyl/N-ethyl adjacent to an activating group) is 1. The number of hydrogen-bond acceptors (Lipinski definition) is 9. The van der Waals surface area contributed by atoms with Gasteiger partial charge in [0.05, 0.1) is 31.0 Å². The molecule has 9 nitrogen and oxygen atoms in total. The number of carbonyl (C=O) groups excluding carboxylic acids is 1. The first-order valence-electron chi connectivity index (χ1n) is 13.2. The predicted octanol–water partition coefficient (Wildman–Crippen LogP) is 0.188. The van der Waals surface area contributed by atoms with E-state index in [0.717, 1.165) is 12.8 Å². The quantitative estimate of drug-likeness (QED) is 0.444. The van der Waals surface area contributed by atoms with Gasteiger partial charge in [0.2, 0.25) is 0 Å². The molecule has 1 heterocycles. The van der Waals surface area contributed by atoms with E-state index < -0.39 is 52.2 Å². The smallest absolute Gasteiger partial charge is 0.302 e. The topological polar surface area (TPSA) is 118 Å². The van der Waals surface area contributed by atoms with E-state index in [0.29, 0.717) is 19.5 Å². The van der Waals surface area contributed by atoms with E-state index in [1.54, 1.807) is 21.3 Å². The number of aliphatic hydroxyl groups is 3. The lowest BCUT2D eigenvalue weighted by Gasteiger charge is -2.70. The Labute approximate surface area is 207 Å². The van der Waals surface area contributed by atoms with Crippen molar-refractivity contribution >= 4 is 5.97 Å². The van der Waals surface area contributed by atoms with Crippen molar-refractivity contribution in [3.8, 4) is 0 Å². The molecule has 0 aromatic carbocycles. The Morgan fingerprint density at radius 1 is 1.14 bits per heavy atom. The number of carbonyl (C=O) groups is 1. The van der Waals surface area contributed by atoms with Crippen LogP contribution in [-0.4, -0.2) is 109 Å². The van der Waals surface area contributed by atoms with Crippen LogP contribution >= 0.6 is 0 Å². The maximum atomic E-state index is 13.0. The van der Waals surface area contributed by atoms with Crippen LogP contribution in [0.5, 0.6) is 0 Å². The van der Waals surface area contributed by atoms with Crippen LogP contribution in [0.1, 0.15) is 39.5 Å². The normalized spacial score (nSPS) is 57.9. The van der Waals surface area contributed by atoms with E-state index in [1.165, 1.54) is 6.92 Å². The predicted molar refractivity (Wildman–Crippen MR) is 123 cm³/mol. The number of hydrogen-bond donors (Lipinski definition) is 3. The number of ether oxygens (including phenoxy) is 4. The molecule has 198 valence electrons. The van der Waals surface area contributed by atoms with Gasteiger partial charge in [-0.05, 0) is 31.7 Å². The standard InChI is InChI=1S/C26H41NO8/c1-6-27-11-23(12-28)8-7-17(33-4)25-15-9-14-16(32-3)10-24(30,18(15)19(14)35-13(2)29)26(31,22(25)27)21(34-5)20(23)25/h14-22,28,30-31H,6-12H2,1-5H3/t14-,15-,16+,17+,18-,19+,20-,21+,22?,23+,24-,25+,26-/m1/s1. The minimum atomic E-state index is -1.65. The first kappa shape index (κ1) is 24.5. The summed E-state index contributed by atoms with van der Waals surface area (Å²) < 4.78 is 24.3. The molecule has 6 rings (SSSR count). The number of piperidine rings is 1. The van der Waals surface area contributed by atoms with Gasteiger partial charge in [-0.2, -0.15) is 0 Å². The summed E-state index contributed by atoms with van der Waals surface area (Å²) in [5, 5.41) is 36.7. The molecule has 0 amide bonds. The zero-order valence-electron chi connectivity index (χ0n) is 21.5. The fraction of sp³-hybridized carbons (Fsp3) is 0.962. The average Bonchev–Trinajstić information content (AvgIpc) is 3.22. The number of likely N-dealkylation sites (tertiary alicyclic amines) is 1.